The second kappa shape index (κ2) is 6.59. The van der Waals surface area contributed by atoms with Crippen LogP contribution in [0, 0.1) is 13.8 Å². The minimum Gasteiger partial charge on any atom is -0.385 e. The number of rotatable bonds is 3. The summed E-state index contributed by atoms with van der Waals surface area (Å²) in [4.78, 5) is 2.67. The van der Waals surface area contributed by atoms with Gasteiger partial charge in [0.1, 0.15) is 0 Å². The Hall–Kier alpha value is -1.64. The van der Waals surface area contributed by atoms with Crippen molar-refractivity contribution in [1.82, 2.24) is 4.90 Å². The standard InChI is InChI=1S/C23H29NO/c1-17-8-6-13-22(18(17)2)23(25)14-20-11-7-12-21(15-23)24(20)16-19-9-4-3-5-10-19/h3-6,8-10,13,20-21,25H,7,11-12,14-16H2,1-2H3. The lowest BCUT2D eigenvalue weighted by atomic mass is 9.71. The van der Waals surface area contributed by atoms with E-state index in [-0.39, 0.29) is 0 Å². The highest BCUT2D eigenvalue weighted by molar-refractivity contribution is 5.38. The predicted octanol–water partition coefficient (Wildman–Crippen LogP) is 4.71. The van der Waals surface area contributed by atoms with Gasteiger partial charge in [-0.05, 0) is 61.8 Å². The minimum absolute atomic E-state index is 0.484. The first kappa shape index (κ1) is 16.8. The van der Waals surface area contributed by atoms with E-state index in [9.17, 15) is 5.11 Å². The molecule has 25 heavy (non-hydrogen) atoms. The quantitative estimate of drug-likeness (QED) is 0.878. The van der Waals surface area contributed by atoms with Crippen molar-refractivity contribution in [2.24, 2.45) is 0 Å². The summed E-state index contributed by atoms with van der Waals surface area (Å²) < 4.78 is 0. The number of aliphatic hydroxyl groups is 1. The topological polar surface area (TPSA) is 23.5 Å². The maximum absolute atomic E-state index is 11.6. The van der Waals surface area contributed by atoms with Gasteiger partial charge in [-0.2, -0.15) is 0 Å². The van der Waals surface area contributed by atoms with E-state index in [2.05, 4.69) is 67.3 Å². The fourth-order valence-electron chi connectivity index (χ4n) is 5.05. The number of aryl methyl sites for hydroxylation is 1. The maximum Gasteiger partial charge on any atom is 0.0929 e. The molecule has 2 atom stereocenters. The fraction of sp³-hybridized carbons (Fsp3) is 0.478. The summed E-state index contributed by atoms with van der Waals surface area (Å²) in [6.45, 7) is 5.32. The summed E-state index contributed by atoms with van der Waals surface area (Å²) in [6, 6.07) is 18.1. The molecule has 2 heterocycles. The summed E-state index contributed by atoms with van der Waals surface area (Å²) in [7, 11) is 0. The maximum atomic E-state index is 11.6. The molecule has 2 aliphatic rings. The summed E-state index contributed by atoms with van der Waals surface area (Å²) in [6.07, 6.45) is 5.43. The van der Waals surface area contributed by atoms with Gasteiger partial charge in [0.2, 0.25) is 0 Å². The van der Waals surface area contributed by atoms with E-state index in [4.69, 9.17) is 0 Å². The number of hydrogen-bond acceptors (Lipinski definition) is 2. The van der Waals surface area contributed by atoms with Crippen LogP contribution in [-0.2, 0) is 12.1 Å². The van der Waals surface area contributed by atoms with E-state index < -0.39 is 5.60 Å². The fourth-order valence-corrected chi connectivity index (χ4v) is 5.05. The summed E-state index contributed by atoms with van der Waals surface area (Å²) >= 11 is 0. The average molecular weight is 335 g/mol. The molecule has 2 aliphatic heterocycles. The molecule has 0 saturated carbocycles. The molecule has 2 fully saturated rings. The molecule has 132 valence electrons. The molecule has 0 radical (unpaired) electrons. The van der Waals surface area contributed by atoms with Gasteiger partial charge in [0.05, 0.1) is 5.60 Å². The van der Waals surface area contributed by atoms with Crippen LogP contribution in [0.15, 0.2) is 48.5 Å². The van der Waals surface area contributed by atoms with Gasteiger partial charge >= 0.3 is 0 Å². The number of nitrogens with zero attached hydrogens (tertiary/aromatic N) is 1. The Kier molecular flexibility index (Phi) is 4.43. The molecule has 2 bridgehead atoms. The van der Waals surface area contributed by atoms with Gasteiger partial charge < -0.3 is 5.11 Å². The number of benzene rings is 2. The van der Waals surface area contributed by atoms with Crippen LogP contribution < -0.4 is 0 Å². The average Bonchev–Trinajstić information content (AvgIpc) is 2.59. The second-order valence-electron chi connectivity index (χ2n) is 8.08. The van der Waals surface area contributed by atoms with Crippen LogP contribution in [-0.4, -0.2) is 22.1 Å². The predicted molar refractivity (Wildman–Crippen MR) is 102 cm³/mol. The van der Waals surface area contributed by atoms with Crippen molar-refractivity contribution >= 4 is 0 Å². The number of fused-ring (bicyclic) bond motifs is 2. The van der Waals surface area contributed by atoms with Crippen molar-refractivity contribution in [2.45, 2.75) is 70.2 Å². The summed E-state index contributed by atoms with van der Waals surface area (Å²) in [5, 5.41) is 11.6. The van der Waals surface area contributed by atoms with Gasteiger partial charge in [-0.1, -0.05) is 55.0 Å². The highest BCUT2D eigenvalue weighted by Gasteiger charge is 2.46. The van der Waals surface area contributed by atoms with Crippen LogP contribution in [0.25, 0.3) is 0 Å². The van der Waals surface area contributed by atoms with E-state index in [0.29, 0.717) is 12.1 Å². The monoisotopic (exact) mass is 335 g/mol. The molecule has 2 unspecified atom stereocenters. The molecule has 0 aliphatic carbocycles. The van der Waals surface area contributed by atoms with Crippen molar-refractivity contribution < 1.29 is 5.11 Å². The Labute approximate surface area is 151 Å². The van der Waals surface area contributed by atoms with Crippen LogP contribution in [0.5, 0.6) is 0 Å². The molecule has 2 saturated heterocycles. The van der Waals surface area contributed by atoms with E-state index in [1.165, 1.54) is 36.0 Å². The Balaban J connectivity index is 1.61. The highest BCUT2D eigenvalue weighted by atomic mass is 16.3. The van der Waals surface area contributed by atoms with Crippen LogP contribution >= 0.6 is 0 Å². The van der Waals surface area contributed by atoms with E-state index in [1.807, 2.05) is 0 Å². The van der Waals surface area contributed by atoms with Crippen LogP contribution in [0.1, 0.15) is 54.4 Å². The van der Waals surface area contributed by atoms with Crippen molar-refractivity contribution in [1.29, 1.82) is 0 Å². The van der Waals surface area contributed by atoms with Crippen LogP contribution in [0.4, 0.5) is 0 Å². The molecule has 2 heteroatoms. The second-order valence-corrected chi connectivity index (χ2v) is 8.08. The van der Waals surface area contributed by atoms with Crippen molar-refractivity contribution in [2.75, 3.05) is 0 Å². The van der Waals surface area contributed by atoms with Crippen molar-refractivity contribution in [3.8, 4) is 0 Å². The van der Waals surface area contributed by atoms with Gasteiger partial charge in [0.15, 0.2) is 0 Å². The zero-order chi connectivity index (χ0) is 17.4. The lowest BCUT2D eigenvalue weighted by molar-refractivity contribution is -0.100. The smallest absolute Gasteiger partial charge is 0.0929 e. The first-order valence-electron chi connectivity index (χ1n) is 9.65. The lowest BCUT2D eigenvalue weighted by Crippen LogP contribution is -2.56. The molecule has 0 aromatic heterocycles. The molecule has 0 amide bonds. The van der Waals surface area contributed by atoms with Gasteiger partial charge in [0.25, 0.3) is 0 Å². The van der Waals surface area contributed by atoms with Gasteiger partial charge in [-0.15, -0.1) is 0 Å². The van der Waals surface area contributed by atoms with Gasteiger partial charge in [0, 0.05) is 18.6 Å². The van der Waals surface area contributed by atoms with Crippen molar-refractivity contribution in [3.63, 3.8) is 0 Å². The molecule has 4 rings (SSSR count). The molecule has 0 spiro atoms. The molecule has 1 N–H and O–H groups in total. The third-order valence-corrected chi connectivity index (χ3v) is 6.47. The van der Waals surface area contributed by atoms with E-state index in [1.54, 1.807) is 0 Å². The lowest BCUT2D eigenvalue weighted by Gasteiger charge is -2.52. The Morgan fingerprint density at radius 1 is 0.960 bits per heavy atom. The third-order valence-electron chi connectivity index (χ3n) is 6.47. The normalized spacial score (nSPS) is 29.6. The summed E-state index contributed by atoms with van der Waals surface area (Å²) in [5.74, 6) is 0. The van der Waals surface area contributed by atoms with Crippen molar-refractivity contribution in [3.05, 3.63) is 70.8 Å². The number of piperidine rings is 2. The SMILES string of the molecule is Cc1cccc(C2(O)CC3CCCC(C2)N3Cc2ccccc2)c1C. The first-order valence-corrected chi connectivity index (χ1v) is 9.65. The zero-order valence-corrected chi connectivity index (χ0v) is 15.4. The first-order chi connectivity index (χ1) is 12.1. The van der Waals surface area contributed by atoms with E-state index >= 15 is 0 Å². The Bertz CT molecular complexity index is 725. The summed E-state index contributed by atoms with van der Waals surface area (Å²) in [5.41, 5.74) is 4.42. The van der Waals surface area contributed by atoms with Crippen LogP contribution in [0.3, 0.4) is 0 Å². The Morgan fingerprint density at radius 3 is 2.32 bits per heavy atom. The van der Waals surface area contributed by atoms with Gasteiger partial charge in [-0.25, -0.2) is 0 Å². The Morgan fingerprint density at radius 2 is 1.64 bits per heavy atom. The molecule has 2 aromatic carbocycles. The third kappa shape index (κ3) is 3.14. The van der Waals surface area contributed by atoms with E-state index in [0.717, 1.165) is 24.9 Å². The highest BCUT2D eigenvalue weighted by Crippen LogP contribution is 2.45. The molecular formula is C23H29NO. The van der Waals surface area contributed by atoms with Gasteiger partial charge in [-0.3, -0.25) is 4.90 Å². The zero-order valence-electron chi connectivity index (χ0n) is 15.4. The largest absolute Gasteiger partial charge is 0.385 e. The number of hydrogen-bond donors (Lipinski definition) is 1. The van der Waals surface area contributed by atoms with Crippen LogP contribution in [0.2, 0.25) is 0 Å². The minimum atomic E-state index is -0.668. The molecule has 2 nitrogen and oxygen atoms in total. The molecule has 2 aromatic rings. The molecular weight excluding hydrogens is 306 g/mol.